The molecule has 0 saturated heterocycles. The van der Waals surface area contributed by atoms with E-state index in [1.54, 1.807) is 22.9 Å². The number of halogens is 1. The summed E-state index contributed by atoms with van der Waals surface area (Å²) in [6, 6.07) is 10.9. The van der Waals surface area contributed by atoms with E-state index in [0.29, 0.717) is 35.3 Å². The van der Waals surface area contributed by atoms with Crippen LogP contribution in [0.1, 0.15) is 18.3 Å². The lowest BCUT2D eigenvalue weighted by Crippen LogP contribution is -2.24. The van der Waals surface area contributed by atoms with Gasteiger partial charge in [-0.1, -0.05) is 35.0 Å². The molecule has 0 fully saturated rings. The summed E-state index contributed by atoms with van der Waals surface area (Å²) in [5.74, 6) is 1.02. The van der Waals surface area contributed by atoms with Gasteiger partial charge < -0.3 is 14.4 Å². The number of pyridine rings is 1. The molecule has 0 spiro atoms. The van der Waals surface area contributed by atoms with E-state index in [0.717, 1.165) is 5.56 Å². The lowest BCUT2D eigenvalue weighted by molar-refractivity contribution is 0.418. The smallest absolute Gasteiger partial charge is 0.259 e. The maximum atomic E-state index is 12.2. The minimum Gasteiger partial charge on any atom is -0.334 e. The summed E-state index contributed by atoms with van der Waals surface area (Å²) in [5, 5.41) is 7.75. The van der Waals surface area contributed by atoms with Crippen LogP contribution in [0.5, 0.6) is 0 Å². The van der Waals surface area contributed by atoms with Crippen LogP contribution in [0.2, 0.25) is 5.02 Å². The minimum atomic E-state index is -0.118. The van der Waals surface area contributed by atoms with Gasteiger partial charge in [-0.15, -0.1) is 0 Å². The average molecular weight is 359 g/mol. The number of likely N-dealkylation sites (N-methyl/N-ethyl adjacent to an activating group) is 1. The maximum absolute atomic E-state index is 12.2. The second-order valence-electron chi connectivity index (χ2n) is 5.88. The fourth-order valence-corrected chi connectivity index (χ4v) is 2.62. The highest BCUT2D eigenvalue weighted by Gasteiger charge is 2.12. The molecule has 0 aliphatic carbocycles. The normalized spacial score (nSPS) is 12.3. The zero-order chi connectivity index (χ0) is 17.8. The zero-order valence-electron chi connectivity index (χ0n) is 14.1. The van der Waals surface area contributed by atoms with Gasteiger partial charge in [-0.3, -0.25) is 4.79 Å². The summed E-state index contributed by atoms with van der Waals surface area (Å²) in [7, 11) is 1.89. The quantitative estimate of drug-likeness (QED) is 0.733. The van der Waals surface area contributed by atoms with Crippen molar-refractivity contribution in [2.75, 3.05) is 7.05 Å². The topological polar surface area (TPSA) is 73.0 Å². The van der Waals surface area contributed by atoms with E-state index in [4.69, 9.17) is 16.1 Å². The molecule has 130 valence electrons. The van der Waals surface area contributed by atoms with Crippen LogP contribution in [-0.2, 0) is 13.0 Å². The number of rotatable bonds is 6. The molecule has 0 aliphatic heterocycles. The molecule has 0 saturated carbocycles. The van der Waals surface area contributed by atoms with Gasteiger partial charge in [0.2, 0.25) is 0 Å². The van der Waals surface area contributed by atoms with E-state index in [-0.39, 0.29) is 11.6 Å². The predicted molar refractivity (Wildman–Crippen MR) is 96.8 cm³/mol. The molecule has 6 nitrogen and oxygen atoms in total. The second kappa shape index (κ2) is 7.63. The van der Waals surface area contributed by atoms with E-state index in [1.807, 2.05) is 32.2 Å². The van der Waals surface area contributed by atoms with Gasteiger partial charge in [0.15, 0.2) is 5.82 Å². The first-order valence-corrected chi connectivity index (χ1v) is 8.38. The van der Waals surface area contributed by atoms with Gasteiger partial charge in [0.25, 0.3) is 11.4 Å². The molecule has 7 heteroatoms. The summed E-state index contributed by atoms with van der Waals surface area (Å²) >= 11 is 6.19. The Balaban J connectivity index is 1.87. The van der Waals surface area contributed by atoms with Crippen molar-refractivity contribution in [3.8, 4) is 11.5 Å². The summed E-state index contributed by atoms with van der Waals surface area (Å²) in [4.78, 5) is 16.6. The van der Waals surface area contributed by atoms with Crippen molar-refractivity contribution < 1.29 is 4.52 Å². The number of hydrogen-bond donors (Lipinski definition) is 1. The Morgan fingerprint density at radius 3 is 2.84 bits per heavy atom. The second-order valence-corrected chi connectivity index (χ2v) is 6.29. The van der Waals surface area contributed by atoms with Gasteiger partial charge in [0.1, 0.15) is 0 Å². The Morgan fingerprint density at radius 1 is 1.28 bits per heavy atom. The molecule has 1 N–H and O–H groups in total. The van der Waals surface area contributed by atoms with Crippen molar-refractivity contribution >= 4 is 11.6 Å². The van der Waals surface area contributed by atoms with Crippen molar-refractivity contribution in [2.24, 2.45) is 0 Å². The molecule has 2 heterocycles. The van der Waals surface area contributed by atoms with E-state index < -0.39 is 0 Å². The van der Waals surface area contributed by atoms with Crippen molar-refractivity contribution in [3.63, 3.8) is 0 Å². The number of nitrogens with zero attached hydrogens (tertiary/aromatic N) is 3. The highest BCUT2D eigenvalue weighted by Crippen LogP contribution is 2.18. The summed E-state index contributed by atoms with van der Waals surface area (Å²) in [6.45, 7) is 2.42. The molecular formula is C18H19ClN4O2. The van der Waals surface area contributed by atoms with Crippen molar-refractivity contribution in [1.82, 2.24) is 20.0 Å². The van der Waals surface area contributed by atoms with Crippen molar-refractivity contribution in [2.45, 2.75) is 25.9 Å². The highest BCUT2D eigenvalue weighted by atomic mass is 35.5. The van der Waals surface area contributed by atoms with Crippen molar-refractivity contribution in [3.05, 3.63) is 69.4 Å². The molecule has 1 atom stereocenters. The van der Waals surface area contributed by atoms with E-state index in [1.165, 1.54) is 6.07 Å². The minimum absolute atomic E-state index is 0.118. The molecule has 1 unspecified atom stereocenters. The molecule has 3 aromatic rings. The van der Waals surface area contributed by atoms with Crippen LogP contribution >= 0.6 is 11.6 Å². The third kappa shape index (κ3) is 4.15. The van der Waals surface area contributed by atoms with Crippen LogP contribution in [-0.4, -0.2) is 27.8 Å². The van der Waals surface area contributed by atoms with E-state index in [2.05, 4.69) is 15.5 Å². The van der Waals surface area contributed by atoms with Gasteiger partial charge in [-0.2, -0.15) is 4.98 Å². The maximum Gasteiger partial charge on any atom is 0.259 e. The first-order chi connectivity index (χ1) is 12.1. The summed E-state index contributed by atoms with van der Waals surface area (Å²) in [6.07, 6.45) is 2.38. The molecule has 1 aromatic carbocycles. The number of benzene rings is 1. The van der Waals surface area contributed by atoms with Crippen LogP contribution in [0, 0.1) is 0 Å². The SMILES string of the molecule is CNC(C)Cc1noc(-c2ccc(=O)n(Cc3ccccc3Cl)c2)n1. The lowest BCUT2D eigenvalue weighted by atomic mass is 10.2. The highest BCUT2D eigenvalue weighted by molar-refractivity contribution is 6.31. The zero-order valence-corrected chi connectivity index (χ0v) is 14.8. The van der Waals surface area contributed by atoms with Crippen LogP contribution in [0.25, 0.3) is 11.5 Å². The Morgan fingerprint density at radius 2 is 2.08 bits per heavy atom. The predicted octanol–water partition coefficient (Wildman–Crippen LogP) is 2.75. The summed E-state index contributed by atoms with van der Waals surface area (Å²) < 4.78 is 6.91. The van der Waals surface area contributed by atoms with Crippen LogP contribution in [0.4, 0.5) is 0 Å². The molecule has 25 heavy (non-hydrogen) atoms. The Bertz CT molecular complexity index is 919. The van der Waals surface area contributed by atoms with Crippen LogP contribution < -0.4 is 10.9 Å². The molecule has 2 aromatic heterocycles. The molecule has 0 bridgehead atoms. The standard InChI is InChI=1S/C18H19ClN4O2/c1-12(20-2)9-16-21-18(25-22-16)14-7-8-17(24)23(11-14)10-13-5-3-4-6-15(13)19/h3-8,11-12,20H,9-10H2,1-2H3. The molecule has 3 rings (SSSR count). The van der Waals surface area contributed by atoms with Crippen molar-refractivity contribution in [1.29, 1.82) is 0 Å². The molecule has 0 radical (unpaired) electrons. The van der Waals surface area contributed by atoms with Gasteiger partial charge >= 0.3 is 0 Å². The first kappa shape index (κ1) is 17.4. The Labute approximate surface area is 150 Å². The molecule has 0 aliphatic rings. The fourth-order valence-electron chi connectivity index (χ4n) is 2.42. The van der Waals surface area contributed by atoms with Gasteiger partial charge in [-0.25, -0.2) is 0 Å². The lowest BCUT2D eigenvalue weighted by Gasteiger charge is -2.08. The Kier molecular flexibility index (Phi) is 5.31. The van der Waals surface area contributed by atoms with E-state index in [9.17, 15) is 4.79 Å². The van der Waals surface area contributed by atoms with E-state index >= 15 is 0 Å². The monoisotopic (exact) mass is 358 g/mol. The largest absolute Gasteiger partial charge is 0.334 e. The molecule has 0 amide bonds. The Hall–Kier alpha value is -2.44. The molecular weight excluding hydrogens is 340 g/mol. The number of aromatic nitrogens is 3. The average Bonchev–Trinajstić information content (AvgIpc) is 3.07. The van der Waals surface area contributed by atoms with Crippen LogP contribution in [0.3, 0.4) is 0 Å². The number of nitrogens with one attached hydrogen (secondary N) is 1. The van der Waals surface area contributed by atoms with Crippen LogP contribution in [0.15, 0.2) is 51.9 Å². The summed E-state index contributed by atoms with van der Waals surface area (Å²) in [5.41, 5.74) is 1.45. The number of hydrogen-bond acceptors (Lipinski definition) is 5. The third-order valence-corrected chi connectivity index (χ3v) is 4.35. The first-order valence-electron chi connectivity index (χ1n) is 8.01. The van der Waals surface area contributed by atoms with Gasteiger partial charge in [0.05, 0.1) is 12.1 Å². The third-order valence-electron chi connectivity index (χ3n) is 3.98. The van der Waals surface area contributed by atoms with Gasteiger partial charge in [0, 0.05) is 29.7 Å². The fraction of sp³-hybridized carbons (Fsp3) is 0.278. The van der Waals surface area contributed by atoms with Gasteiger partial charge in [-0.05, 0) is 31.7 Å².